The average Bonchev–Trinajstić information content (AvgIpc) is 2.85. The fourth-order valence-corrected chi connectivity index (χ4v) is 3.39. The lowest BCUT2D eigenvalue weighted by Crippen LogP contribution is -2.10. The van der Waals surface area contributed by atoms with E-state index in [-0.39, 0.29) is 17.2 Å². The maximum atomic E-state index is 12.5. The number of nitrogens with zero attached hydrogens (tertiary/aromatic N) is 3. The lowest BCUT2D eigenvalue weighted by molar-refractivity contribution is -0.393. The van der Waals surface area contributed by atoms with Crippen LogP contribution in [0.2, 0.25) is 0 Å². The third-order valence-corrected chi connectivity index (χ3v) is 5.15. The van der Waals surface area contributed by atoms with Crippen molar-refractivity contribution in [2.45, 2.75) is 0 Å². The maximum Gasteiger partial charge on any atom is 0.343 e. The first-order chi connectivity index (χ1) is 16.7. The van der Waals surface area contributed by atoms with Crippen molar-refractivity contribution in [3.63, 3.8) is 0 Å². The standard InChI is InChI=1S/C22H17BrN4O8/c1-33-16-6-3-14(4-7-16)22(28)35-21-17(23)9-13(10-20(21)34-2)12-24-25-18-8-5-15(26(29)30)11-19(18)27(31)32/h3-12,25H,1-2H3/b24-12-. The number of hydrogen-bond acceptors (Lipinski definition) is 10. The number of hydrogen-bond donors (Lipinski definition) is 1. The van der Waals surface area contributed by atoms with Gasteiger partial charge < -0.3 is 14.2 Å². The van der Waals surface area contributed by atoms with Gasteiger partial charge in [-0.05, 0) is 64.0 Å². The van der Waals surface area contributed by atoms with Crippen LogP contribution in [0.4, 0.5) is 17.1 Å². The van der Waals surface area contributed by atoms with Gasteiger partial charge in [-0.25, -0.2) is 4.79 Å². The van der Waals surface area contributed by atoms with E-state index in [9.17, 15) is 25.0 Å². The van der Waals surface area contributed by atoms with Crippen LogP contribution in [0.15, 0.2) is 64.2 Å². The van der Waals surface area contributed by atoms with E-state index in [2.05, 4.69) is 26.5 Å². The Labute approximate surface area is 206 Å². The van der Waals surface area contributed by atoms with Gasteiger partial charge in [-0.3, -0.25) is 25.7 Å². The Hall–Kier alpha value is -4.52. The zero-order valence-electron chi connectivity index (χ0n) is 18.3. The minimum atomic E-state index is -0.754. The predicted octanol–water partition coefficient (Wildman–Crippen LogP) is 4.95. The van der Waals surface area contributed by atoms with Crippen molar-refractivity contribution in [2.75, 3.05) is 19.6 Å². The van der Waals surface area contributed by atoms with Crippen LogP contribution in [0.1, 0.15) is 15.9 Å². The van der Waals surface area contributed by atoms with Crippen LogP contribution in [-0.2, 0) is 0 Å². The zero-order chi connectivity index (χ0) is 25.5. The normalized spacial score (nSPS) is 10.6. The summed E-state index contributed by atoms with van der Waals surface area (Å²) < 4.78 is 16.3. The molecular weight excluding hydrogens is 528 g/mol. The maximum absolute atomic E-state index is 12.5. The summed E-state index contributed by atoms with van der Waals surface area (Å²) in [5.74, 6) is 0.352. The molecule has 3 aromatic rings. The number of methoxy groups -OCH3 is 2. The van der Waals surface area contributed by atoms with Crippen molar-refractivity contribution in [2.24, 2.45) is 5.10 Å². The number of nitro benzene ring substituents is 2. The molecule has 12 nitrogen and oxygen atoms in total. The second kappa shape index (κ2) is 11.1. The molecule has 180 valence electrons. The summed E-state index contributed by atoms with van der Waals surface area (Å²) in [5, 5.41) is 26.1. The molecule has 0 unspecified atom stereocenters. The molecule has 0 aromatic heterocycles. The highest BCUT2D eigenvalue weighted by molar-refractivity contribution is 9.10. The zero-order valence-corrected chi connectivity index (χ0v) is 19.8. The van der Waals surface area contributed by atoms with Gasteiger partial charge in [0, 0.05) is 6.07 Å². The predicted molar refractivity (Wildman–Crippen MR) is 130 cm³/mol. The second-order valence-electron chi connectivity index (χ2n) is 6.74. The Balaban J connectivity index is 1.79. The summed E-state index contributed by atoms with van der Waals surface area (Å²) >= 11 is 3.34. The molecule has 0 heterocycles. The van der Waals surface area contributed by atoms with Crippen molar-refractivity contribution in [1.29, 1.82) is 0 Å². The van der Waals surface area contributed by atoms with Gasteiger partial charge in [0.25, 0.3) is 5.69 Å². The Morgan fingerprint density at radius 3 is 2.31 bits per heavy atom. The second-order valence-corrected chi connectivity index (χ2v) is 7.59. The summed E-state index contributed by atoms with van der Waals surface area (Å²) in [5.41, 5.74) is 2.34. The lowest BCUT2D eigenvalue weighted by Gasteiger charge is -2.12. The number of ether oxygens (including phenoxy) is 3. The smallest absolute Gasteiger partial charge is 0.343 e. The van der Waals surface area contributed by atoms with Gasteiger partial charge in [0.05, 0.1) is 46.4 Å². The molecule has 35 heavy (non-hydrogen) atoms. The first kappa shape index (κ1) is 25.1. The van der Waals surface area contributed by atoms with Crippen LogP contribution in [0.25, 0.3) is 0 Å². The number of non-ortho nitro benzene ring substituents is 1. The Kier molecular flexibility index (Phi) is 7.94. The third kappa shape index (κ3) is 6.09. The SMILES string of the molecule is COc1ccc(C(=O)Oc2c(Br)cc(/C=N\Nc3ccc([N+](=O)[O-])cc3[N+](=O)[O-])cc2OC)cc1. The third-order valence-electron chi connectivity index (χ3n) is 4.56. The van der Waals surface area contributed by atoms with Crippen LogP contribution in [0, 0.1) is 20.2 Å². The topological polar surface area (TPSA) is 155 Å². The quantitative estimate of drug-likeness (QED) is 0.129. The molecule has 0 radical (unpaired) electrons. The Morgan fingerprint density at radius 1 is 1.00 bits per heavy atom. The van der Waals surface area contributed by atoms with E-state index in [0.29, 0.717) is 21.3 Å². The van der Waals surface area contributed by atoms with Crippen molar-refractivity contribution in [1.82, 2.24) is 0 Å². The lowest BCUT2D eigenvalue weighted by atomic mass is 10.2. The van der Waals surface area contributed by atoms with Gasteiger partial charge in [0.2, 0.25) is 0 Å². The first-order valence-corrected chi connectivity index (χ1v) is 10.5. The summed E-state index contributed by atoms with van der Waals surface area (Å²) in [6.45, 7) is 0. The highest BCUT2D eigenvalue weighted by atomic mass is 79.9. The number of benzene rings is 3. The minimum Gasteiger partial charge on any atom is -0.497 e. The molecule has 0 aliphatic carbocycles. The molecular formula is C22H17BrN4O8. The summed E-state index contributed by atoms with van der Waals surface area (Å²) in [6.07, 6.45) is 1.34. The molecule has 0 saturated carbocycles. The van der Waals surface area contributed by atoms with Gasteiger partial charge in [-0.2, -0.15) is 5.10 Å². The van der Waals surface area contributed by atoms with Crippen molar-refractivity contribution >= 4 is 45.2 Å². The number of anilines is 1. The van der Waals surface area contributed by atoms with E-state index in [1.807, 2.05) is 0 Å². The summed E-state index contributed by atoms with van der Waals surface area (Å²) in [4.78, 5) is 33.1. The minimum absolute atomic E-state index is 0.0343. The fourth-order valence-electron chi connectivity index (χ4n) is 2.85. The average molecular weight is 545 g/mol. The number of carbonyl (C=O) groups is 1. The number of esters is 1. The molecule has 0 saturated heterocycles. The molecule has 0 bridgehead atoms. The van der Waals surface area contributed by atoms with Crippen molar-refractivity contribution in [3.05, 3.63) is 90.4 Å². The van der Waals surface area contributed by atoms with Crippen molar-refractivity contribution in [3.8, 4) is 17.2 Å². The molecule has 0 spiro atoms. The highest BCUT2D eigenvalue weighted by Gasteiger charge is 2.20. The molecule has 0 atom stereocenters. The highest BCUT2D eigenvalue weighted by Crippen LogP contribution is 2.37. The van der Waals surface area contributed by atoms with Gasteiger partial charge in [-0.15, -0.1) is 0 Å². The number of rotatable bonds is 9. The van der Waals surface area contributed by atoms with Gasteiger partial charge in [0.1, 0.15) is 11.4 Å². The fraction of sp³-hybridized carbons (Fsp3) is 0.0909. The molecule has 3 rings (SSSR count). The van der Waals surface area contributed by atoms with Crippen LogP contribution < -0.4 is 19.6 Å². The van der Waals surface area contributed by atoms with Gasteiger partial charge in [0.15, 0.2) is 11.5 Å². The monoisotopic (exact) mass is 544 g/mol. The molecule has 0 aliphatic rings. The summed E-state index contributed by atoms with van der Waals surface area (Å²) in [7, 11) is 2.91. The van der Waals surface area contributed by atoms with Crippen LogP contribution in [0.5, 0.6) is 17.2 Å². The number of nitro groups is 2. The number of halogens is 1. The molecule has 0 amide bonds. The van der Waals surface area contributed by atoms with E-state index < -0.39 is 27.2 Å². The molecule has 1 N–H and O–H groups in total. The van der Waals surface area contributed by atoms with Crippen LogP contribution in [0.3, 0.4) is 0 Å². The number of hydrazone groups is 1. The van der Waals surface area contributed by atoms with E-state index in [1.165, 1.54) is 32.6 Å². The van der Waals surface area contributed by atoms with Crippen LogP contribution in [-0.4, -0.2) is 36.3 Å². The molecule has 3 aromatic carbocycles. The van der Waals surface area contributed by atoms with E-state index in [0.717, 1.165) is 12.1 Å². The van der Waals surface area contributed by atoms with Crippen molar-refractivity contribution < 1.29 is 28.9 Å². The van der Waals surface area contributed by atoms with E-state index in [4.69, 9.17) is 14.2 Å². The Bertz CT molecular complexity index is 1310. The molecule has 13 heteroatoms. The largest absolute Gasteiger partial charge is 0.497 e. The molecule has 0 aliphatic heterocycles. The Morgan fingerprint density at radius 2 is 1.71 bits per heavy atom. The summed E-state index contributed by atoms with van der Waals surface area (Å²) in [6, 6.07) is 12.7. The van der Waals surface area contributed by atoms with E-state index >= 15 is 0 Å². The molecule has 0 fully saturated rings. The van der Waals surface area contributed by atoms with Crippen LogP contribution >= 0.6 is 15.9 Å². The number of carbonyl (C=O) groups excluding carboxylic acids is 1. The first-order valence-electron chi connectivity index (χ1n) is 9.69. The number of nitrogens with one attached hydrogen (secondary N) is 1. The van der Waals surface area contributed by atoms with E-state index in [1.54, 1.807) is 30.3 Å². The van der Waals surface area contributed by atoms with Gasteiger partial charge >= 0.3 is 11.7 Å². The van der Waals surface area contributed by atoms with Gasteiger partial charge in [-0.1, -0.05) is 0 Å².